The van der Waals surface area contributed by atoms with Crippen molar-refractivity contribution in [2.24, 2.45) is 5.73 Å². The van der Waals surface area contributed by atoms with Gasteiger partial charge in [0.1, 0.15) is 0 Å². The SMILES string of the molecule is NC(=O)Nc1ccccc1.[C-]#[N+]c1ccccc1C. The van der Waals surface area contributed by atoms with E-state index in [0.29, 0.717) is 0 Å². The molecule has 4 heteroatoms. The van der Waals surface area contributed by atoms with Gasteiger partial charge in [0.05, 0.1) is 6.57 Å². The molecule has 0 aliphatic rings. The Balaban J connectivity index is 0.000000191. The standard InChI is InChI=1S/C8H7N.C7H8N2O/c1-7-5-3-4-6-8(7)9-2;8-7(10)9-6-4-2-1-3-5-6/h3-6H,1H3;1-5H,(H3,8,9,10). The Kier molecular flexibility index (Phi) is 5.64. The molecule has 0 aromatic heterocycles. The van der Waals surface area contributed by atoms with E-state index < -0.39 is 6.03 Å². The molecule has 0 aliphatic heterocycles. The van der Waals surface area contributed by atoms with Crippen molar-refractivity contribution in [2.45, 2.75) is 6.92 Å². The number of hydrogen-bond donors (Lipinski definition) is 2. The minimum absolute atomic E-state index is 0.536. The van der Waals surface area contributed by atoms with Crippen LogP contribution in [0.4, 0.5) is 16.2 Å². The molecule has 3 N–H and O–H groups in total. The van der Waals surface area contributed by atoms with Crippen molar-refractivity contribution in [3.63, 3.8) is 0 Å². The Labute approximate surface area is 112 Å². The van der Waals surface area contributed by atoms with Crippen LogP contribution in [0.25, 0.3) is 4.85 Å². The van der Waals surface area contributed by atoms with E-state index in [2.05, 4.69) is 10.2 Å². The molecule has 0 radical (unpaired) electrons. The number of nitrogens with one attached hydrogen (secondary N) is 1. The molecule has 19 heavy (non-hydrogen) atoms. The van der Waals surface area contributed by atoms with Gasteiger partial charge in [0.2, 0.25) is 0 Å². The van der Waals surface area contributed by atoms with Gasteiger partial charge in [0, 0.05) is 5.69 Å². The summed E-state index contributed by atoms with van der Waals surface area (Å²) in [7, 11) is 0. The summed E-state index contributed by atoms with van der Waals surface area (Å²) in [5.41, 5.74) is 7.39. The van der Waals surface area contributed by atoms with E-state index in [1.165, 1.54) is 0 Å². The lowest BCUT2D eigenvalue weighted by Crippen LogP contribution is -2.18. The van der Waals surface area contributed by atoms with E-state index in [0.717, 1.165) is 16.9 Å². The van der Waals surface area contributed by atoms with Crippen LogP contribution in [0.5, 0.6) is 0 Å². The number of nitrogens with zero attached hydrogens (tertiary/aromatic N) is 1. The average molecular weight is 253 g/mol. The number of urea groups is 1. The van der Waals surface area contributed by atoms with Crippen LogP contribution in [0, 0.1) is 13.5 Å². The zero-order chi connectivity index (χ0) is 14.1. The van der Waals surface area contributed by atoms with E-state index in [-0.39, 0.29) is 0 Å². The number of aryl methyl sites for hydroxylation is 1. The van der Waals surface area contributed by atoms with Gasteiger partial charge in [-0.1, -0.05) is 42.5 Å². The highest BCUT2D eigenvalue weighted by atomic mass is 16.2. The summed E-state index contributed by atoms with van der Waals surface area (Å²) >= 11 is 0. The van der Waals surface area contributed by atoms with Crippen molar-refractivity contribution in [3.05, 3.63) is 71.6 Å². The first kappa shape index (κ1) is 14.3. The molecule has 0 fully saturated rings. The molecule has 0 spiro atoms. The Morgan fingerprint density at radius 2 is 1.68 bits per heavy atom. The lowest BCUT2D eigenvalue weighted by Gasteiger charge is -1.97. The van der Waals surface area contributed by atoms with Gasteiger partial charge < -0.3 is 11.1 Å². The second-order valence-corrected chi connectivity index (χ2v) is 3.75. The first-order chi connectivity index (χ1) is 9.13. The molecule has 0 heterocycles. The van der Waals surface area contributed by atoms with Crippen LogP contribution in [-0.4, -0.2) is 6.03 Å². The number of carbonyl (C=O) groups is 1. The lowest BCUT2D eigenvalue weighted by atomic mass is 10.2. The van der Waals surface area contributed by atoms with Crippen LogP contribution < -0.4 is 11.1 Å². The summed E-state index contributed by atoms with van der Waals surface area (Å²) in [6, 6.07) is 16.1. The fourth-order valence-corrected chi connectivity index (χ4v) is 1.35. The van der Waals surface area contributed by atoms with E-state index in [1.54, 1.807) is 12.1 Å². The predicted octanol–water partition coefficient (Wildman–Crippen LogP) is 3.72. The lowest BCUT2D eigenvalue weighted by molar-refractivity contribution is 0.259. The Hall–Kier alpha value is -2.80. The Morgan fingerprint density at radius 1 is 1.11 bits per heavy atom. The molecule has 96 valence electrons. The van der Waals surface area contributed by atoms with Crippen LogP contribution in [0.3, 0.4) is 0 Å². The molecule has 2 amide bonds. The van der Waals surface area contributed by atoms with Gasteiger partial charge >= 0.3 is 6.03 Å². The van der Waals surface area contributed by atoms with Crippen LogP contribution in [0.1, 0.15) is 5.56 Å². The summed E-state index contributed by atoms with van der Waals surface area (Å²) in [5, 5.41) is 2.44. The predicted molar refractivity (Wildman–Crippen MR) is 77.1 cm³/mol. The summed E-state index contributed by atoms with van der Waals surface area (Å²) < 4.78 is 0. The fourth-order valence-electron chi connectivity index (χ4n) is 1.35. The number of nitrogens with two attached hydrogens (primary N) is 1. The normalized spacial score (nSPS) is 8.63. The van der Waals surface area contributed by atoms with E-state index in [9.17, 15) is 4.79 Å². The highest BCUT2D eigenvalue weighted by molar-refractivity contribution is 5.87. The zero-order valence-corrected chi connectivity index (χ0v) is 10.6. The number of anilines is 1. The highest BCUT2D eigenvalue weighted by Gasteiger charge is 1.91. The number of benzene rings is 2. The van der Waals surface area contributed by atoms with E-state index in [1.807, 2.05) is 49.4 Å². The topological polar surface area (TPSA) is 59.5 Å². The molecule has 4 nitrogen and oxygen atoms in total. The van der Waals surface area contributed by atoms with Crippen molar-refractivity contribution < 1.29 is 4.79 Å². The van der Waals surface area contributed by atoms with Crippen molar-refractivity contribution in [2.75, 3.05) is 5.32 Å². The third kappa shape index (κ3) is 5.37. The molecule has 2 aromatic carbocycles. The van der Waals surface area contributed by atoms with Crippen LogP contribution >= 0.6 is 0 Å². The molecule has 0 aliphatic carbocycles. The van der Waals surface area contributed by atoms with Gasteiger partial charge in [-0.25, -0.2) is 9.64 Å². The Morgan fingerprint density at radius 3 is 2.16 bits per heavy atom. The smallest absolute Gasteiger partial charge is 0.316 e. The fraction of sp³-hybridized carbons (Fsp3) is 0.0667. The maximum Gasteiger partial charge on any atom is 0.316 e. The molecule has 0 saturated carbocycles. The van der Waals surface area contributed by atoms with Gasteiger partial charge in [0.15, 0.2) is 5.69 Å². The van der Waals surface area contributed by atoms with Gasteiger partial charge in [-0.15, -0.1) is 0 Å². The zero-order valence-electron chi connectivity index (χ0n) is 10.6. The number of amides is 2. The summed E-state index contributed by atoms with van der Waals surface area (Å²) in [6.45, 7) is 8.65. The second-order valence-electron chi connectivity index (χ2n) is 3.75. The van der Waals surface area contributed by atoms with Crippen LogP contribution in [-0.2, 0) is 0 Å². The van der Waals surface area contributed by atoms with Gasteiger partial charge in [0.25, 0.3) is 0 Å². The number of carbonyl (C=O) groups excluding carboxylic acids is 1. The Bertz CT molecular complexity index is 573. The van der Waals surface area contributed by atoms with Gasteiger partial charge in [-0.3, -0.25) is 0 Å². The molecule has 2 aromatic rings. The molecule has 0 unspecified atom stereocenters. The molecular weight excluding hydrogens is 238 g/mol. The molecule has 0 saturated heterocycles. The monoisotopic (exact) mass is 253 g/mol. The van der Waals surface area contributed by atoms with Gasteiger partial charge in [-0.2, -0.15) is 0 Å². The number of hydrogen-bond acceptors (Lipinski definition) is 1. The quantitative estimate of drug-likeness (QED) is 0.747. The number of primary amides is 1. The summed E-state index contributed by atoms with van der Waals surface area (Å²) in [4.78, 5) is 13.6. The largest absolute Gasteiger partial charge is 0.351 e. The maximum absolute atomic E-state index is 10.3. The van der Waals surface area contributed by atoms with Crippen LogP contribution in [0.2, 0.25) is 0 Å². The van der Waals surface area contributed by atoms with Gasteiger partial charge in [-0.05, 0) is 24.6 Å². The van der Waals surface area contributed by atoms with Crippen molar-refractivity contribution in [3.8, 4) is 0 Å². The number of para-hydroxylation sites is 2. The van der Waals surface area contributed by atoms with Crippen molar-refractivity contribution >= 4 is 17.4 Å². The molecule has 2 rings (SSSR count). The average Bonchev–Trinajstić information content (AvgIpc) is 2.40. The van der Waals surface area contributed by atoms with E-state index >= 15 is 0 Å². The third-order valence-electron chi connectivity index (χ3n) is 2.28. The summed E-state index contributed by atoms with van der Waals surface area (Å²) in [6.07, 6.45) is 0. The summed E-state index contributed by atoms with van der Waals surface area (Å²) in [5.74, 6) is 0. The number of rotatable bonds is 1. The maximum atomic E-state index is 10.3. The minimum Gasteiger partial charge on any atom is -0.351 e. The van der Waals surface area contributed by atoms with Crippen molar-refractivity contribution in [1.29, 1.82) is 0 Å². The third-order valence-corrected chi connectivity index (χ3v) is 2.28. The second kappa shape index (κ2) is 7.51. The molecule has 0 bridgehead atoms. The first-order valence-corrected chi connectivity index (χ1v) is 5.68. The highest BCUT2D eigenvalue weighted by Crippen LogP contribution is 2.15. The first-order valence-electron chi connectivity index (χ1n) is 5.68. The van der Waals surface area contributed by atoms with E-state index in [4.69, 9.17) is 12.3 Å². The van der Waals surface area contributed by atoms with Crippen molar-refractivity contribution in [1.82, 2.24) is 0 Å². The molecular formula is C15H15N3O. The molecule has 0 atom stereocenters. The van der Waals surface area contributed by atoms with Crippen LogP contribution in [0.15, 0.2) is 54.6 Å². The minimum atomic E-state index is -0.536.